The van der Waals surface area contributed by atoms with Crippen LogP contribution < -0.4 is 5.73 Å². The van der Waals surface area contributed by atoms with Crippen molar-refractivity contribution in [1.29, 1.82) is 0 Å². The molecule has 0 unspecified atom stereocenters. The number of nitrogens with two attached hydrogens (primary N) is 1. The van der Waals surface area contributed by atoms with E-state index in [1.54, 1.807) is 11.8 Å². The molecule has 1 aromatic carbocycles. The summed E-state index contributed by atoms with van der Waals surface area (Å²) in [6, 6.07) is 6.51. The molecule has 0 spiro atoms. The van der Waals surface area contributed by atoms with Crippen molar-refractivity contribution in [3.05, 3.63) is 46.7 Å². The van der Waals surface area contributed by atoms with Crippen LogP contribution in [0.15, 0.2) is 35.0 Å². The number of benzene rings is 1. The molecule has 1 aromatic rings. The van der Waals surface area contributed by atoms with Crippen LogP contribution in [0.25, 0.3) is 0 Å². The number of aliphatic imine (C=N–C) groups is 1. The van der Waals surface area contributed by atoms with E-state index in [0.29, 0.717) is 11.8 Å². The van der Waals surface area contributed by atoms with Crippen LogP contribution in [-0.4, -0.2) is 17.5 Å². The van der Waals surface area contributed by atoms with Crippen molar-refractivity contribution in [2.75, 3.05) is 12.4 Å². The lowest BCUT2D eigenvalue weighted by Crippen LogP contribution is -2.10. The minimum absolute atomic E-state index is 0.676. The maximum atomic E-state index is 5.77. The molecule has 0 saturated heterocycles. The zero-order valence-electron chi connectivity index (χ0n) is 12.9. The molecule has 2 N–H and O–H groups in total. The van der Waals surface area contributed by atoms with Crippen molar-refractivity contribution < 1.29 is 4.74 Å². The van der Waals surface area contributed by atoms with Gasteiger partial charge in [0.15, 0.2) is 5.17 Å². The second-order valence-electron chi connectivity index (χ2n) is 5.48. The zero-order chi connectivity index (χ0) is 15.1. The standard InChI is InChI=1S/C17H24N2OS/c1-13-6-7-16(14(2)9-13)11-20-8-4-3-5-15-10-19-17(18)21-12-15/h6-7,9-10H,3-5,8,11-12H2,1-2H3,(H2,18,19). The van der Waals surface area contributed by atoms with Gasteiger partial charge in [0.1, 0.15) is 0 Å². The van der Waals surface area contributed by atoms with Crippen LogP contribution in [0.4, 0.5) is 0 Å². The SMILES string of the molecule is Cc1ccc(COCCCCC2=CN=C(N)SC2)c(C)c1. The van der Waals surface area contributed by atoms with E-state index in [4.69, 9.17) is 10.5 Å². The maximum absolute atomic E-state index is 5.77. The Kier molecular flexibility index (Phi) is 6.33. The normalized spacial score (nSPS) is 14.8. The monoisotopic (exact) mass is 304 g/mol. The molecule has 0 bridgehead atoms. The molecular formula is C17H24N2OS. The van der Waals surface area contributed by atoms with Gasteiger partial charge in [0.05, 0.1) is 6.61 Å². The van der Waals surface area contributed by atoms with E-state index >= 15 is 0 Å². The number of thioether (sulfide) groups is 1. The first-order chi connectivity index (χ1) is 10.1. The predicted molar refractivity (Wildman–Crippen MR) is 91.6 cm³/mol. The first-order valence-electron chi connectivity index (χ1n) is 7.43. The first-order valence-corrected chi connectivity index (χ1v) is 8.41. The van der Waals surface area contributed by atoms with Crippen LogP contribution in [0.5, 0.6) is 0 Å². The average molecular weight is 304 g/mol. The Hall–Kier alpha value is -1.26. The fourth-order valence-electron chi connectivity index (χ4n) is 2.28. The Morgan fingerprint density at radius 3 is 2.86 bits per heavy atom. The smallest absolute Gasteiger partial charge is 0.158 e. The molecular weight excluding hydrogens is 280 g/mol. The van der Waals surface area contributed by atoms with Crippen molar-refractivity contribution >= 4 is 16.9 Å². The van der Waals surface area contributed by atoms with Crippen molar-refractivity contribution in [1.82, 2.24) is 0 Å². The van der Waals surface area contributed by atoms with Gasteiger partial charge in [-0.25, -0.2) is 4.99 Å². The topological polar surface area (TPSA) is 47.6 Å². The van der Waals surface area contributed by atoms with E-state index < -0.39 is 0 Å². The van der Waals surface area contributed by atoms with Gasteiger partial charge in [-0.3, -0.25) is 0 Å². The lowest BCUT2D eigenvalue weighted by Gasteiger charge is -2.11. The number of hydrogen-bond donors (Lipinski definition) is 1. The molecule has 0 fully saturated rings. The third kappa shape index (κ3) is 5.56. The Morgan fingerprint density at radius 2 is 2.14 bits per heavy atom. The fraction of sp³-hybridized carbons (Fsp3) is 0.471. The van der Waals surface area contributed by atoms with E-state index in [1.165, 1.54) is 22.3 Å². The summed E-state index contributed by atoms with van der Waals surface area (Å²) in [6.45, 7) is 5.79. The quantitative estimate of drug-likeness (QED) is 0.776. The van der Waals surface area contributed by atoms with Crippen LogP contribution in [0, 0.1) is 13.8 Å². The summed E-state index contributed by atoms with van der Waals surface area (Å²) in [7, 11) is 0. The fourth-order valence-corrected chi connectivity index (χ4v) is 2.96. The highest BCUT2D eigenvalue weighted by atomic mass is 32.2. The van der Waals surface area contributed by atoms with E-state index in [-0.39, 0.29) is 0 Å². The van der Waals surface area contributed by atoms with Gasteiger partial charge in [-0.1, -0.05) is 35.5 Å². The summed E-state index contributed by atoms with van der Waals surface area (Å²) in [4.78, 5) is 4.15. The Morgan fingerprint density at radius 1 is 1.29 bits per heavy atom. The van der Waals surface area contributed by atoms with Crippen molar-refractivity contribution in [2.45, 2.75) is 39.7 Å². The average Bonchev–Trinajstić information content (AvgIpc) is 2.46. The molecule has 2 rings (SSSR count). The molecule has 21 heavy (non-hydrogen) atoms. The number of ether oxygens (including phenoxy) is 1. The van der Waals surface area contributed by atoms with E-state index in [2.05, 4.69) is 37.0 Å². The summed E-state index contributed by atoms with van der Waals surface area (Å²) in [5, 5.41) is 0.676. The van der Waals surface area contributed by atoms with Gasteiger partial charge in [-0.2, -0.15) is 0 Å². The van der Waals surface area contributed by atoms with Gasteiger partial charge >= 0.3 is 0 Å². The summed E-state index contributed by atoms with van der Waals surface area (Å²) in [5.41, 5.74) is 10.9. The van der Waals surface area contributed by atoms with Gasteiger partial charge in [-0.15, -0.1) is 0 Å². The molecule has 0 aliphatic carbocycles. The van der Waals surface area contributed by atoms with Crippen LogP contribution in [0.3, 0.4) is 0 Å². The molecule has 0 atom stereocenters. The summed E-state index contributed by atoms with van der Waals surface area (Å²) in [5.74, 6) is 0.985. The molecule has 0 saturated carbocycles. The molecule has 0 aromatic heterocycles. The Labute approximate surface area is 131 Å². The van der Waals surface area contributed by atoms with Gasteiger partial charge in [0, 0.05) is 18.6 Å². The van der Waals surface area contributed by atoms with E-state index in [9.17, 15) is 0 Å². The molecule has 0 amide bonds. The summed E-state index contributed by atoms with van der Waals surface area (Å²) in [6.07, 6.45) is 5.25. The lowest BCUT2D eigenvalue weighted by atomic mass is 10.1. The van der Waals surface area contributed by atoms with Crippen LogP contribution in [0.1, 0.15) is 36.0 Å². The Bertz CT molecular complexity index is 538. The second-order valence-corrected chi connectivity index (χ2v) is 6.48. The largest absolute Gasteiger partial charge is 0.378 e. The predicted octanol–water partition coefficient (Wildman–Crippen LogP) is 3.94. The van der Waals surface area contributed by atoms with Crippen LogP contribution >= 0.6 is 11.8 Å². The highest BCUT2D eigenvalue weighted by Crippen LogP contribution is 2.19. The van der Waals surface area contributed by atoms with Gasteiger partial charge in [0.25, 0.3) is 0 Å². The number of unbranched alkanes of at least 4 members (excludes halogenated alkanes) is 1. The minimum Gasteiger partial charge on any atom is -0.378 e. The van der Waals surface area contributed by atoms with Crippen LogP contribution in [-0.2, 0) is 11.3 Å². The molecule has 4 heteroatoms. The lowest BCUT2D eigenvalue weighted by molar-refractivity contribution is 0.117. The van der Waals surface area contributed by atoms with Crippen molar-refractivity contribution in [3.63, 3.8) is 0 Å². The van der Waals surface area contributed by atoms with Gasteiger partial charge in [-0.05, 0) is 49.8 Å². The molecule has 1 aliphatic rings. The molecule has 114 valence electrons. The summed E-state index contributed by atoms with van der Waals surface area (Å²) >= 11 is 1.62. The van der Waals surface area contributed by atoms with E-state index in [1.807, 2.05) is 6.20 Å². The van der Waals surface area contributed by atoms with Crippen LogP contribution in [0.2, 0.25) is 0 Å². The van der Waals surface area contributed by atoms with Crippen molar-refractivity contribution in [3.8, 4) is 0 Å². The second kappa shape index (κ2) is 8.25. The number of nitrogens with zero attached hydrogens (tertiary/aromatic N) is 1. The highest BCUT2D eigenvalue weighted by Gasteiger charge is 2.05. The molecule has 1 aliphatic heterocycles. The number of amidine groups is 1. The molecule has 0 radical (unpaired) electrons. The molecule has 3 nitrogen and oxygen atoms in total. The third-order valence-corrected chi connectivity index (χ3v) is 4.49. The zero-order valence-corrected chi connectivity index (χ0v) is 13.7. The minimum atomic E-state index is 0.676. The van der Waals surface area contributed by atoms with Gasteiger partial charge < -0.3 is 10.5 Å². The van der Waals surface area contributed by atoms with Crippen molar-refractivity contribution in [2.24, 2.45) is 10.7 Å². The Balaban J connectivity index is 1.60. The highest BCUT2D eigenvalue weighted by molar-refractivity contribution is 8.14. The maximum Gasteiger partial charge on any atom is 0.158 e. The molecule has 1 heterocycles. The number of aryl methyl sites for hydroxylation is 2. The first kappa shape index (κ1) is 16.1. The third-order valence-electron chi connectivity index (χ3n) is 3.57. The van der Waals surface area contributed by atoms with Gasteiger partial charge in [0.2, 0.25) is 0 Å². The summed E-state index contributed by atoms with van der Waals surface area (Å²) < 4.78 is 5.77. The number of hydrogen-bond acceptors (Lipinski definition) is 4. The number of rotatable bonds is 7. The van der Waals surface area contributed by atoms with E-state index in [0.717, 1.165) is 31.6 Å².